The molecule has 0 saturated heterocycles. The molecule has 0 rings (SSSR count). The predicted molar refractivity (Wildman–Crippen MR) is 317 cm³/mol. The van der Waals surface area contributed by atoms with E-state index < -0.39 is 6.10 Å². The standard InChI is InChI=1S/C67H130O6/c1-4-7-10-13-16-19-22-25-26-27-28-29-30-31-32-33-34-35-36-37-38-39-40-41-43-45-48-51-54-57-60-66(69)72-63-64(62-71-65(68)59-56-53-50-47-44-24-21-18-15-12-9-6-3)73-67(70)61-58-55-52-49-46-42-23-20-17-14-11-8-5-2/h64H,4-63H2,1-3H3. The Balaban J connectivity index is 4.04. The molecule has 0 aromatic heterocycles. The third-order valence-electron chi connectivity index (χ3n) is 15.6. The van der Waals surface area contributed by atoms with Crippen molar-refractivity contribution < 1.29 is 28.6 Å². The number of rotatable bonds is 63. The van der Waals surface area contributed by atoms with Crippen LogP contribution in [0.4, 0.5) is 0 Å². The number of hydrogen-bond acceptors (Lipinski definition) is 6. The van der Waals surface area contributed by atoms with Crippen molar-refractivity contribution in [3.05, 3.63) is 0 Å². The molecule has 6 heteroatoms. The summed E-state index contributed by atoms with van der Waals surface area (Å²) in [5, 5.41) is 0. The summed E-state index contributed by atoms with van der Waals surface area (Å²) in [7, 11) is 0. The van der Waals surface area contributed by atoms with Gasteiger partial charge in [-0.05, 0) is 19.3 Å². The van der Waals surface area contributed by atoms with Gasteiger partial charge in [0.25, 0.3) is 0 Å². The fraction of sp³-hybridized carbons (Fsp3) is 0.955. The minimum absolute atomic E-state index is 0.0609. The molecule has 0 aromatic carbocycles. The largest absolute Gasteiger partial charge is 0.462 e. The Labute approximate surface area is 457 Å². The first kappa shape index (κ1) is 71.4. The molecule has 0 aromatic rings. The Kier molecular flexibility index (Phi) is 61.6. The molecule has 434 valence electrons. The molecular formula is C67H130O6. The summed E-state index contributed by atoms with van der Waals surface area (Å²) in [5.74, 6) is -0.829. The first-order valence-corrected chi connectivity index (χ1v) is 33.5. The Bertz CT molecular complexity index is 1090. The summed E-state index contributed by atoms with van der Waals surface area (Å²) in [6.45, 7) is 6.71. The van der Waals surface area contributed by atoms with Gasteiger partial charge in [0.15, 0.2) is 6.10 Å². The van der Waals surface area contributed by atoms with Crippen LogP contribution in [0.1, 0.15) is 393 Å². The van der Waals surface area contributed by atoms with E-state index in [2.05, 4.69) is 20.8 Å². The van der Waals surface area contributed by atoms with Crippen LogP contribution in [-0.4, -0.2) is 37.2 Å². The first-order valence-electron chi connectivity index (χ1n) is 33.5. The fourth-order valence-electron chi connectivity index (χ4n) is 10.6. The maximum atomic E-state index is 12.9. The lowest BCUT2D eigenvalue weighted by Crippen LogP contribution is -2.30. The molecule has 0 N–H and O–H groups in total. The van der Waals surface area contributed by atoms with Crippen LogP contribution in [-0.2, 0) is 28.6 Å². The van der Waals surface area contributed by atoms with Gasteiger partial charge in [-0.2, -0.15) is 0 Å². The van der Waals surface area contributed by atoms with Gasteiger partial charge in [0.1, 0.15) is 13.2 Å². The Morgan fingerprint density at radius 3 is 0.548 bits per heavy atom. The molecular weight excluding hydrogens is 901 g/mol. The predicted octanol–water partition coefficient (Wildman–Crippen LogP) is 22.7. The normalized spacial score (nSPS) is 11.9. The zero-order valence-electron chi connectivity index (χ0n) is 50.0. The number of unbranched alkanes of at least 4 members (excludes halogenated alkanes) is 52. The highest BCUT2D eigenvalue weighted by Gasteiger charge is 2.19. The van der Waals surface area contributed by atoms with Crippen LogP contribution in [0, 0.1) is 0 Å². The number of carbonyl (C=O) groups excluding carboxylic acids is 3. The van der Waals surface area contributed by atoms with Gasteiger partial charge in [0.2, 0.25) is 0 Å². The summed E-state index contributed by atoms with van der Waals surface area (Å²) >= 11 is 0. The minimum Gasteiger partial charge on any atom is -0.462 e. The van der Waals surface area contributed by atoms with Crippen LogP contribution in [0.5, 0.6) is 0 Å². The van der Waals surface area contributed by atoms with Gasteiger partial charge in [-0.1, -0.05) is 355 Å². The molecule has 0 radical (unpaired) electrons. The van der Waals surface area contributed by atoms with Crippen molar-refractivity contribution in [1.29, 1.82) is 0 Å². The molecule has 0 bridgehead atoms. The second-order valence-corrected chi connectivity index (χ2v) is 23.1. The third-order valence-corrected chi connectivity index (χ3v) is 15.6. The van der Waals surface area contributed by atoms with E-state index >= 15 is 0 Å². The quantitative estimate of drug-likeness (QED) is 0.0343. The zero-order chi connectivity index (χ0) is 52.9. The summed E-state index contributed by atoms with van der Waals surface area (Å²) in [4.78, 5) is 38.2. The highest BCUT2D eigenvalue weighted by Crippen LogP contribution is 2.19. The van der Waals surface area contributed by atoms with E-state index in [1.165, 1.54) is 295 Å². The molecule has 1 unspecified atom stereocenters. The second kappa shape index (κ2) is 62.9. The van der Waals surface area contributed by atoms with Crippen molar-refractivity contribution in [3.8, 4) is 0 Å². The molecule has 0 aliphatic rings. The number of carbonyl (C=O) groups is 3. The van der Waals surface area contributed by atoms with Gasteiger partial charge >= 0.3 is 17.9 Å². The van der Waals surface area contributed by atoms with E-state index in [1.807, 2.05) is 0 Å². The van der Waals surface area contributed by atoms with Crippen LogP contribution in [0.15, 0.2) is 0 Å². The van der Waals surface area contributed by atoms with Crippen molar-refractivity contribution in [1.82, 2.24) is 0 Å². The zero-order valence-corrected chi connectivity index (χ0v) is 50.0. The maximum absolute atomic E-state index is 12.9. The maximum Gasteiger partial charge on any atom is 0.306 e. The van der Waals surface area contributed by atoms with Gasteiger partial charge in [-0.3, -0.25) is 14.4 Å². The summed E-state index contributed by atoms with van der Waals surface area (Å²) in [6, 6.07) is 0. The molecule has 0 spiro atoms. The van der Waals surface area contributed by atoms with Crippen LogP contribution < -0.4 is 0 Å². The first-order chi connectivity index (χ1) is 36.0. The van der Waals surface area contributed by atoms with Gasteiger partial charge in [0, 0.05) is 19.3 Å². The van der Waals surface area contributed by atoms with Crippen molar-refractivity contribution >= 4 is 17.9 Å². The number of hydrogen-bond donors (Lipinski definition) is 0. The van der Waals surface area contributed by atoms with Crippen molar-refractivity contribution in [2.75, 3.05) is 13.2 Å². The third kappa shape index (κ3) is 61.1. The molecule has 1 atom stereocenters. The molecule has 0 aliphatic heterocycles. The fourth-order valence-corrected chi connectivity index (χ4v) is 10.6. The van der Waals surface area contributed by atoms with E-state index in [0.29, 0.717) is 19.3 Å². The topological polar surface area (TPSA) is 78.9 Å². The highest BCUT2D eigenvalue weighted by molar-refractivity contribution is 5.71. The molecule has 73 heavy (non-hydrogen) atoms. The minimum atomic E-state index is -0.761. The molecule has 0 heterocycles. The lowest BCUT2D eigenvalue weighted by atomic mass is 10.0. The lowest BCUT2D eigenvalue weighted by Gasteiger charge is -2.18. The molecule has 0 fully saturated rings. The second-order valence-electron chi connectivity index (χ2n) is 23.1. The Hall–Kier alpha value is -1.59. The Morgan fingerprint density at radius 2 is 0.370 bits per heavy atom. The molecule has 0 amide bonds. The van der Waals surface area contributed by atoms with E-state index in [0.717, 1.165) is 57.8 Å². The molecule has 6 nitrogen and oxygen atoms in total. The van der Waals surface area contributed by atoms with Crippen molar-refractivity contribution in [3.63, 3.8) is 0 Å². The monoisotopic (exact) mass is 1030 g/mol. The van der Waals surface area contributed by atoms with E-state index in [1.54, 1.807) is 0 Å². The van der Waals surface area contributed by atoms with E-state index in [9.17, 15) is 14.4 Å². The number of esters is 3. The summed E-state index contributed by atoms with van der Waals surface area (Å²) in [6.07, 6.45) is 72.8. The van der Waals surface area contributed by atoms with Crippen LogP contribution in [0.2, 0.25) is 0 Å². The lowest BCUT2D eigenvalue weighted by molar-refractivity contribution is -0.167. The SMILES string of the molecule is CCCCCCCCCCCCCCCCCCCCCCCCCCCCCCCCC(=O)OCC(COC(=O)CCCCCCCCCCCCCC)OC(=O)CCCCCCCCCCCCCCC. The van der Waals surface area contributed by atoms with Crippen LogP contribution in [0.3, 0.4) is 0 Å². The van der Waals surface area contributed by atoms with Crippen LogP contribution in [0.25, 0.3) is 0 Å². The Morgan fingerprint density at radius 1 is 0.219 bits per heavy atom. The van der Waals surface area contributed by atoms with Crippen molar-refractivity contribution in [2.45, 2.75) is 399 Å². The summed E-state index contributed by atoms with van der Waals surface area (Å²) < 4.78 is 16.9. The van der Waals surface area contributed by atoms with Gasteiger partial charge in [-0.15, -0.1) is 0 Å². The van der Waals surface area contributed by atoms with E-state index in [-0.39, 0.29) is 31.1 Å². The number of ether oxygens (including phenoxy) is 3. The average molecular weight is 1030 g/mol. The van der Waals surface area contributed by atoms with Gasteiger partial charge in [-0.25, -0.2) is 0 Å². The van der Waals surface area contributed by atoms with Crippen LogP contribution >= 0.6 is 0 Å². The van der Waals surface area contributed by atoms with E-state index in [4.69, 9.17) is 14.2 Å². The van der Waals surface area contributed by atoms with Gasteiger partial charge < -0.3 is 14.2 Å². The van der Waals surface area contributed by atoms with Crippen molar-refractivity contribution in [2.24, 2.45) is 0 Å². The molecule has 0 saturated carbocycles. The smallest absolute Gasteiger partial charge is 0.306 e. The average Bonchev–Trinajstić information content (AvgIpc) is 3.39. The highest BCUT2D eigenvalue weighted by atomic mass is 16.6. The molecule has 0 aliphatic carbocycles. The van der Waals surface area contributed by atoms with Gasteiger partial charge in [0.05, 0.1) is 0 Å². The summed E-state index contributed by atoms with van der Waals surface area (Å²) in [5.41, 5.74) is 0.